The average Bonchev–Trinajstić information content (AvgIpc) is 3.19. The van der Waals surface area contributed by atoms with Crippen LogP contribution in [0.2, 0.25) is 0 Å². The fourth-order valence-electron chi connectivity index (χ4n) is 4.23. The lowest BCUT2D eigenvalue weighted by atomic mass is 10.0. The van der Waals surface area contributed by atoms with Crippen molar-refractivity contribution in [3.63, 3.8) is 0 Å². The molecule has 6 nitrogen and oxygen atoms in total. The Morgan fingerprint density at radius 2 is 2.03 bits per heavy atom. The number of hydrogen-bond acceptors (Lipinski definition) is 6. The van der Waals surface area contributed by atoms with Crippen LogP contribution < -0.4 is 5.56 Å². The van der Waals surface area contributed by atoms with Crippen LogP contribution in [-0.4, -0.2) is 43.7 Å². The Morgan fingerprint density at radius 3 is 2.84 bits per heavy atom. The molecule has 1 saturated heterocycles. The highest BCUT2D eigenvalue weighted by atomic mass is 32.2. The van der Waals surface area contributed by atoms with Gasteiger partial charge in [0.2, 0.25) is 5.91 Å². The molecular weight excluding hydrogens is 440 g/mol. The number of carbonyl (C=O) groups is 1. The van der Waals surface area contributed by atoms with Gasteiger partial charge in [0.25, 0.3) is 5.56 Å². The number of aromatic nitrogens is 3. The molecule has 0 spiro atoms. The Labute approximate surface area is 194 Å². The quantitative estimate of drug-likeness (QED) is 0.320. The fourth-order valence-corrected chi connectivity index (χ4v) is 6.14. The summed E-state index contributed by atoms with van der Waals surface area (Å²) >= 11 is 2.73. The monoisotopic (exact) mass is 464 g/mol. The van der Waals surface area contributed by atoms with E-state index < -0.39 is 0 Å². The van der Waals surface area contributed by atoms with Crippen LogP contribution in [0.5, 0.6) is 0 Å². The Balaban J connectivity index is 1.54. The zero-order chi connectivity index (χ0) is 22.1. The summed E-state index contributed by atoms with van der Waals surface area (Å²) in [5.74, 6) is 0.386. The van der Waals surface area contributed by atoms with E-state index in [1.165, 1.54) is 29.5 Å². The molecule has 0 saturated carbocycles. The van der Waals surface area contributed by atoms with Gasteiger partial charge in [-0.15, -0.1) is 11.3 Å². The molecule has 1 aromatic carbocycles. The first-order valence-electron chi connectivity index (χ1n) is 10.9. The molecule has 0 aliphatic carbocycles. The number of carbonyl (C=O) groups excluding carboxylic acids is 1. The van der Waals surface area contributed by atoms with Crippen molar-refractivity contribution in [2.45, 2.75) is 43.9 Å². The molecule has 4 heterocycles. The molecule has 0 radical (unpaired) electrons. The maximum Gasteiger partial charge on any atom is 0.272 e. The van der Waals surface area contributed by atoms with E-state index in [0.717, 1.165) is 35.2 Å². The first kappa shape index (κ1) is 21.2. The molecule has 4 aromatic rings. The molecule has 1 fully saturated rings. The van der Waals surface area contributed by atoms with Gasteiger partial charge in [-0.25, -0.2) is 9.97 Å². The van der Waals surface area contributed by atoms with E-state index in [4.69, 9.17) is 4.98 Å². The predicted molar refractivity (Wildman–Crippen MR) is 130 cm³/mol. The van der Waals surface area contributed by atoms with E-state index in [2.05, 4.69) is 11.9 Å². The predicted octanol–water partition coefficient (Wildman–Crippen LogP) is 4.55. The summed E-state index contributed by atoms with van der Waals surface area (Å²) in [5.41, 5.74) is 1.62. The number of fused-ring (bicyclic) bond motifs is 3. The van der Waals surface area contributed by atoms with Crippen molar-refractivity contribution in [1.29, 1.82) is 0 Å². The minimum absolute atomic E-state index is 0.0804. The van der Waals surface area contributed by atoms with Crippen molar-refractivity contribution >= 4 is 49.4 Å². The van der Waals surface area contributed by atoms with Gasteiger partial charge in [0.05, 0.1) is 17.8 Å². The van der Waals surface area contributed by atoms with Gasteiger partial charge >= 0.3 is 0 Å². The van der Waals surface area contributed by atoms with Crippen LogP contribution in [0.15, 0.2) is 58.6 Å². The Hall–Kier alpha value is -2.71. The molecule has 1 atom stereocenters. The van der Waals surface area contributed by atoms with Gasteiger partial charge in [-0.3, -0.25) is 14.2 Å². The van der Waals surface area contributed by atoms with E-state index in [-0.39, 0.29) is 23.3 Å². The van der Waals surface area contributed by atoms with Crippen LogP contribution in [0.25, 0.3) is 20.4 Å². The molecule has 1 amide bonds. The second-order valence-corrected chi connectivity index (χ2v) is 10.1. The maximum absolute atomic E-state index is 13.5. The van der Waals surface area contributed by atoms with Crippen molar-refractivity contribution in [3.05, 3.63) is 64.6 Å². The molecule has 164 valence electrons. The van der Waals surface area contributed by atoms with E-state index in [0.29, 0.717) is 21.9 Å². The highest BCUT2D eigenvalue weighted by Gasteiger charge is 2.24. The molecule has 1 unspecified atom stereocenters. The van der Waals surface area contributed by atoms with Crippen molar-refractivity contribution < 1.29 is 4.79 Å². The van der Waals surface area contributed by atoms with Gasteiger partial charge in [0.15, 0.2) is 5.16 Å². The van der Waals surface area contributed by atoms with E-state index in [1.54, 1.807) is 10.8 Å². The van der Waals surface area contributed by atoms with Gasteiger partial charge in [-0.2, -0.15) is 0 Å². The maximum atomic E-state index is 13.5. The highest BCUT2D eigenvalue weighted by Crippen LogP contribution is 2.31. The second kappa shape index (κ2) is 9.03. The SMILES string of the molecule is CC1CCCCN1C(=O)CSc1nc2c(sc3ncccc32)c(=O)n1Cc1ccccc1. The normalized spacial score (nSPS) is 16.7. The number of rotatable bonds is 5. The van der Waals surface area contributed by atoms with Gasteiger partial charge in [-0.1, -0.05) is 42.1 Å². The third kappa shape index (κ3) is 4.04. The number of likely N-dealkylation sites (tertiary alicyclic amines) is 1. The van der Waals surface area contributed by atoms with Gasteiger partial charge < -0.3 is 4.90 Å². The van der Waals surface area contributed by atoms with Crippen molar-refractivity contribution in [3.8, 4) is 0 Å². The molecule has 3 aromatic heterocycles. The number of nitrogens with zero attached hydrogens (tertiary/aromatic N) is 4. The minimum atomic E-state index is -0.0804. The summed E-state index contributed by atoms with van der Waals surface area (Å²) in [4.78, 5) is 38.5. The first-order chi connectivity index (χ1) is 15.6. The zero-order valence-electron chi connectivity index (χ0n) is 17.9. The Kier molecular flexibility index (Phi) is 5.97. The number of amides is 1. The summed E-state index contributed by atoms with van der Waals surface area (Å²) < 4.78 is 2.31. The van der Waals surface area contributed by atoms with E-state index >= 15 is 0 Å². The van der Waals surface area contributed by atoms with E-state index in [9.17, 15) is 9.59 Å². The molecule has 8 heteroatoms. The number of hydrogen-bond donors (Lipinski definition) is 0. The molecule has 32 heavy (non-hydrogen) atoms. The standard InChI is InChI=1S/C24H24N4O2S2/c1-16-8-5-6-13-27(16)19(29)15-31-24-26-20-18-11-7-12-25-22(18)32-21(20)23(30)28(24)14-17-9-3-2-4-10-17/h2-4,7,9-12,16H,5-6,8,13-15H2,1H3. The van der Waals surface area contributed by atoms with Gasteiger partial charge in [0, 0.05) is 24.2 Å². The average molecular weight is 465 g/mol. The molecule has 0 bridgehead atoms. The van der Waals surface area contributed by atoms with Crippen LogP contribution in [0.4, 0.5) is 0 Å². The first-order valence-corrected chi connectivity index (χ1v) is 12.7. The minimum Gasteiger partial charge on any atom is -0.339 e. The number of thiophene rings is 1. The van der Waals surface area contributed by atoms with Crippen molar-refractivity contribution in [2.75, 3.05) is 12.3 Å². The smallest absolute Gasteiger partial charge is 0.272 e. The highest BCUT2D eigenvalue weighted by molar-refractivity contribution is 7.99. The van der Waals surface area contributed by atoms with Crippen LogP contribution in [0, 0.1) is 0 Å². The second-order valence-electron chi connectivity index (χ2n) is 8.13. The van der Waals surface area contributed by atoms with Crippen molar-refractivity contribution in [2.24, 2.45) is 0 Å². The van der Waals surface area contributed by atoms with Crippen LogP contribution in [-0.2, 0) is 11.3 Å². The zero-order valence-corrected chi connectivity index (χ0v) is 19.5. The van der Waals surface area contributed by atoms with Gasteiger partial charge in [-0.05, 0) is 43.9 Å². The molecule has 5 rings (SSSR count). The molecule has 0 N–H and O–H groups in total. The molecule has 1 aliphatic rings. The van der Waals surface area contributed by atoms with Gasteiger partial charge in [0.1, 0.15) is 9.53 Å². The van der Waals surface area contributed by atoms with Crippen LogP contribution >= 0.6 is 23.1 Å². The lowest BCUT2D eigenvalue weighted by molar-refractivity contribution is -0.131. The van der Waals surface area contributed by atoms with Crippen LogP contribution in [0.1, 0.15) is 31.7 Å². The third-order valence-corrected chi connectivity index (χ3v) is 8.00. The number of benzene rings is 1. The fraction of sp³-hybridized carbons (Fsp3) is 0.333. The molecular formula is C24H24N4O2S2. The summed E-state index contributed by atoms with van der Waals surface area (Å²) in [6.45, 7) is 3.34. The lowest BCUT2D eigenvalue weighted by Crippen LogP contribution is -2.43. The topological polar surface area (TPSA) is 68.1 Å². The van der Waals surface area contributed by atoms with Crippen molar-refractivity contribution in [1.82, 2.24) is 19.4 Å². The summed E-state index contributed by atoms with van der Waals surface area (Å²) in [5, 5.41) is 1.46. The summed E-state index contributed by atoms with van der Waals surface area (Å²) in [6.07, 6.45) is 5.01. The lowest BCUT2D eigenvalue weighted by Gasteiger charge is -2.33. The number of pyridine rings is 1. The van der Waals surface area contributed by atoms with E-state index in [1.807, 2.05) is 47.4 Å². The largest absolute Gasteiger partial charge is 0.339 e. The Morgan fingerprint density at radius 1 is 1.19 bits per heavy atom. The Bertz CT molecular complexity index is 1330. The molecule has 1 aliphatic heterocycles. The summed E-state index contributed by atoms with van der Waals surface area (Å²) in [7, 11) is 0. The third-order valence-electron chi connectivity index (χ3n) is 5.95. The summed E-state index contributed by atoms with van der Waals surface area (Å²) in [6, 6.07) is 14.0. The number of piperidine rings is 1. The van der Waals surface area contributed by atoms with Crippen LogP contribution in [0.3, 0.4) is 0 Å². The number of thioether (sulfide) groups is 1.